The zero-order valence-electron chi connectivity index (χ0n) is 6.97. The van der Waals surface area contributed by atoms with Crippen molar-refractivity contribution in [2.75, 3.05) is 0 Å². The molecule has 74 valence electrons. The highest BCUT2D eigenvalue weighted by molar-refractivity contribution is 7.09. The molecule has 2 atom stereocenters. The summed E-state index contributed by atoms with van der Waals surface area (Å²) in [6.45, 7) is 0. The third-order valence-corrected chi connectivity index (χ3v) is 2.88. The molecule has 2 heterocycles. The Labute approximate surface area is 82.9 Å². The molecule has 2 unspecified atom stereocenters. The fraction of sp³-hybridized carbons (Fsp3) is 0.286. The van der Waals surface area contributed by atoms with Crippen LogP contribution in [0.3, 0.4) is 0 Å². The summed E-state index contributed by atoms with van der Waals surface area (Å²) in [5.41, 5.74) is 8.75. The van der Waals surface area contributed by atoms with Gasteiger partial charge in [-0.1, -0.05) is 0 Å². The molecule has 0 spiro atoms. The van der Waals surface area contributed by atoms with Crippen molar-refractivity contribution < 1.29 is 14.3 Å². The van der Waals surface area contributed by atoms with Gasteiger partial charge in [0.25, 0.3) is 11.8 Å². The lowest BCUT2D eigenvalue weighted by atomic mass is 10.1. The van der Waals surface area contributed by atoms with Gasteiger partial charge in [0.2, 0.25) is 5.60 Å². The van der Waals surface area contributed by atoms with Crippen molar-refractivity contribution in [3.63, 3.8) is 0 Å². The van der Waals surface area contributed by atoms with Crippen LogP contribution < -0.4 is 11.5 Å². The minimum atomic E-state index is -1.42. The summed E-state index contributed by atoms with van der Waals surface area (Å²) in [5, 5.41) is 2.04. The second kappa shape index (κ2) is 2.76. The lowest BCUT2D eigenvalue weighted by Crippen LogP contribution is -2.36. The molecule has 4 N–H and O–H groups in total. The van der Waals surface area contributed by atoms with Gasteiger partial charge < -0.3 is 16.2 Å². The third kappa shape index (κ3) is 1.03. The van der Waals surface area contributed by atoms with E-state index in [1.807, 2.05) is 0 Å². The summed E-state index contributed by atoms with van der Waals surface area (Å²) in [7, 11) is 0. The number of primary amides is 2. The molecule has 1 aliphatic rings. The Kier molecular flexibility index (Phi) is 1.79. The van der Waals surface area contributed by atoms with Crippen LogP contribution in [0, 0.1) is 0 Å². The molecule has 0 bridgehead atoms. The summed E-state index contributed by atoms with van der Waals surface area (Å²) in [4.78, 5) is 25.9. The standard InChI is InChI=1S/C7H7N3O3S/c8-4(11)3-7(13-3,5(9)12)6-10-1-2-14-6/h1-3H,(H2,8,11)(H2,9,12). The molecule has 1 fully saturated rings. The second-order valence-electron chi connectivity index (χ2n) is 2.84. The Bertz CT molecular complexity index is 391. The van der Waals surface area contributed by atoms with Crippen LogP contribution in [0.25, 0.3) is 0 Å². The van der Waals surface area contributed by atoms with Crippen LogP contribution in [0.4, 0.5) is 0 Å². The molecule has 1 saturated heterocycles. The van der Waals surface area contributed by atoms with E-state index in [9.17, 15) is 9.59 Å². The monoisotopic (exact) mass is 213 g/mol. The van der Waals surface area contributed by atoms with Crippen LogP contribution in [0.5, 0.6) is 0 Å². The van der Waals surface area contributed by atoms with Gasteiger partial charge in [0.15, 0.2) is 6.10 Å². The number of rotatable bonds is 3. The largest absolute Gasteiger partial charge is 0.367 e. The summed E-state index contributed by atoms with van der Waals surface area (Å²) in [5.74, 6) is -1.45. The van der Waals surface area contributed by atoms with Gasteiger partial charge in [-0.25, -0.2) is 4.98 Å². The first kappa shape index (κ1) is 9.10. The number of aromatic nitrogens is 1. The summed E-state index contributed by atoms with van der Waals surface area (Å²) < 4.78 is 4.97. The van der Waals surface area contributed by atoms with Gasteiger partial charge in [0, 0.05) is 11.6 Å². The molecule has 0 radical (unpaired) electrons. The van der Waals surface area contributed by atoms with Crippen LogP contribution in [0.2, 0.25) is 0 Å². The van der Waals surface area contributed by atoms with Gasteiger partial charge in [-0.3, -0.25) is 9.59 Å². The van der Waals surface area contributed by atoms with Crippen LogP contribution in [0.15, 0.2) is 11.6 Å². The van der Waals surface area contributed by atoms with Crippen molar-refractivity contribution >= 4 is 23.2 Å². The van der Waals surface area contributed by atoms with E-state index in [1.165, 1.54) is 17.5 Å². The first-order valence-corrected chi connectivity index (χ1v) is 4.64. The quantitative estimate of drug-likeness (QED) is 0.608. The molecule has 7 heteroatoms. The van der Waals surface area contributed by atoms with Crippen LogP contribution in [-0.2, 0) is 19.9 Å². The number of carbonyl (C=O) groups is 2. The fourth-order valence-corrected chi connectivity index (χ4v) is 2.08. The lowest BCUT2D eigenvalue weighted by Gasteiger charge is -2.02. The molecule has 2 rings (SSSR count). The van der Waals surface area contributed by atoms with Crippen molar-refractivity contribution in [2.45, 2.75) is 11.7 Å². The van der Waals surface area contributed by atoms with Gasteiger partial charge >= 0.3 is 0 Å². The van der Waals surface area contributed by atoms with E-state index in [0.29, 0.717) is 5.01 Å². The maximum absolute atomic E-state index is 11.2. The second-order valence-corrected chi connectivity index (χ2v) is 3.73. The Hall–Kier alpha value is -1.47. The van der Waals surface area contributed by atoms with E-state index < -0.39 is 23.5 Å². The third-order valence-electron chi connectivity index (χ3n) is 1.99. The first-order valence-electron chi connectivity index (χ1n) is 3.76. The van der Waals surface area contributed by atoms with E-state index >= 15 is 0 Å². The molecule has 1 aliphatic heterocycles. The topological polar surface area (TPSA) is 112 Å². The van der Waals surface area contributed by atoms with Crippen molar-refractivity contribution in [1.82, 2.24) is 4.98 Å². The molecule has 0 aromatic carbocycles. The maximum Gasteiger partial charge on any atom is 0.260 e. The molecular weight excluding hydrogens is 206 g/mol. The van der Waals surface area contributed by atoms with Gasteiger partial charge in [0.05, 0.1) is 0 Å². The number of carbonyl (C=O) groups excluding carboxylic acids is 2. The highest BCUT2D eigenvalue weighted by Gasteiger charge is 2.68. The fourth-order valence-electron chi connectivity index (χ4n) is 1.27. The zero-order chi connectivity index (χ0) is 10.3. The molecule has 1 aromatic rings. The summed E-state index contributed by atoms with van der Waals surface area (Å²) in [6.07, 6.45) is 0.524. The van der Waals surface area contributed by atoms with Gasteiger partial charge in [-0.2, -0.15) is 0 Å². The minimum Gasteiger partial charge on any atom is -0.367 e. The van der Waals surface area contributed by atoms with Crippen molar-refractivity contribution in [3.05, 3.63) is 16.6 Å². The Balaban J connectivity index is 2.37. The predicted octanol–water partition coefficient (Wildman–Crippen LogP) is -1.29. The van der Waals surface area contributed by atoms with Crippen molar-refractivity contribution in [2.24, 2.45) is 11.5 Å². The SMILES string of the molecule is NC(=O)C1OC1(C(N)=O)c1nccs1. The molecular formula is C7H7N3O3S. The Morgan fingerprint density at radius 3 is 2.64 bits per heavy atom. The normalized spacial score (nSPS) is 29.9. The number of thiazole rings is 1. The molecule has 0 aliphatic carbocycles. The maximum atomic E-state index is 11.2. The van der Waals surface area contributed by atoms with E-state index in [4.69, 9.17) is 16.2 Å². The number of amides is 2. The molecule has 6 nitrogen and oxygen atoms in total. The van der Waals surface area contributed by atoms with E-state index in [-0.39, 0.29) is 0 Å². The van der Waals surface area contributed by atoms with Gasteiger partial charge in [0.1, 0.15) is 5.01 Å². The summed E-state index contributed by atoms with van der Waals surface area (Å²) >= 11 is 1.20. The van der Waals surface area contributed by atoms with Crippen LogP contribution >= 0.6 is 11.3 Å². The number of ether oxygens (including phenoxy) is 1. The summed E-state index contributed by atoms with van der Waals surface area (Å²) in [6, 6.07) is 0. The van der Waals surface area contributed by atoms with E-state index in [2.05, 4.69) is 4.98 Å². The highest BCUT2D eigenvalue weighted by Crippen LogP contribution is 2.46. The zero-order valence-corrected chi connectivity index (χ0v) is 7.78. The predicted molar refractivity (Wildman–Crippen MR) is 47.1 cm³/mol. The van der Waals surface area contributed by atoms with Crippen LogP contribution in [0.1, 0.15) is 5.01 Å². The number of hydrogen-bond acceptors (Lipinski definition) is 5. The highest BCUT2D eigenvalue weighted by atomic mass is 32.1. The molecule has 2 amide bonds. The van der Waals surface area contributed by atoms with Crippen molar-refractivity contribution in [3.8, 4) is 0 Å². The van der Waals surface area contributed by atoms with Gasteiger partial charge in [-0.15, -0.1) is 11.3 Å². The van der Waals surface area contributed by atoms with Gasteiger partial charge in [-0.05, 0) is 0 Å². The first-order chi connectivity index (χ1) is 6.59. The number of epoxide rings is 1. The molecule has 0 saturated carbocycles. The lowest BCUT2D eigenvalue weighted by molar-refractivity contribution is -0.124. The minimum absolute atomic E-state index is 0.369. The Morgan fingerprint density at radius 2 is 2.29 bits per heavy atom. The number of nitrogens with zero attached hydrogens (tertiary/aromatic N) is 1. The molecule has 1 aromatic heterocycles. The number of nitrogens with two attached hydrogens (primary N) is 2. The van der Waals surface area contributed by atoms with E-state index in [1.54, 1.807) is 5.38 Å². The Morgan fingerprint density at radius 1 is 1.57 bits per heavy atom. The average Bonchev–Trinajstić information content (AvgIpc) is 2.66. The molecule has 14 heavy (non-hydrogen) atoms. The number of hydrogen-bond donors (Lipinski definition) is 2. The van der Waals surface area contributed by atoms with Crippen LogP contribution in [-0.4, -0.2) is 22.9 Å². The van der Waals surface area contributed by atoms with E-state index in [0.717, 1.165) is 0 Å². The smallest absolute Gasteiger partial charge is 0.260 e. The van der Waals surface area contributed by atoms with Crippen molar-refractivity contribution in [1.29, 1.82) is 0 Å². The average molecular weight is 213 g/mol.